The fraction of sp³-hybridized carbons (Fsp3) is 0.364. The topological polar surface area (TPSA) is 46.5 Å². The molecule has 4 aromatic rings. The van der Waals surface area contributed by atoms with Gasteiger partial charge in [0, 0.05) is 23.2 Å². The number of H-pyrrole nitrogens is 1. The molecule has 27 heavy (non-hydrogen) atoms. The molecular weight excluding hydrogens is 356 g/mol. The highest BCUT2D eigenvalue weighted by Crippen LogP contribution is 2.35. The molecule has 0 unspecified atom stereocenters. The van der Waals surface area contributed by atoms with Crippen LogP contribution in [0.2, 0.25) is 5.02 Å². The van der Waals surface area contributed by atoms with Gasteiger partial charge in [-0.3, -0.25) is 9.78 Å². The van der Waals surface area contributed by atoms with Crippen LogP contribution in [0.1, 0.15) is 50.6 Å². The molecule has 0 saturated carbocycles. The SMILES string of the molecule is CC(C)c1nn(C)c2ccc(CC(C)(C)c3n[nH]c4c(Cl)cccc34)cc12. The standard InChI is InChI=1S/C22H25ClN4/c1-13(2)19-16-11-14(9-10-18(16)27(5)26-19)12-22(3,4)21-15-7-6-8-17(23)20(15)24-25-21/h6-11,13H,12H2,1-5H3,(H,24,25). The highest BCUT2D eigenvalue weighted by Gasteiger charge is 2.27. The number of nitrogens with zero attached hydrogens (tertiary/aromatic N) is 3. The summed E-state index contributed by atoms with van der Waals surface area (Å²) >= 11 is 6.31. The van der Waals surface area contributed by atoms with E-state index in [0.29, 0.717) is 10.9 Å². The van der Waals surface area contributed by atoms with Gasteiger partial charge < -0.3 is 0 Å². The van der Waals surface area contributed by atoms with Crippen molar-refractivity contribution < 1.29 is 0 Å². The number of hydrogen-bond donors (Lipinski definition) is 1. The summed E-state index contributed by atoms with van der Waals surface area (Å²) in [6.45, 7) is 8.86. The van der Waals surface area contributed by atoms with Crippen molar-refractivity contribution in [2.24, 2.45) is 7.05 Å². The average Bonchev–Trinajstić information content (AvgIpc) is 3.18. The minimum absolute atomic E-state index is 0.128. The number of hydrogen-bond acceptors (Lipinski definition) is 2. The minimum Gasteiger partial charge on any atom is -0.276 e. The molecule has 0 spiro atoms. The molecule has 4 nitrogen and oxygen atoms in total. The first-order chi connectivity index (χ1) is 12.8. The Hall–Kier alpha value is -2.33. The third kappa shape index (κ3) is 3.02. The van der Waals surface area contributed by atoms with Crippen LogP contribution in [0.15, 0.2) is 36.4 Å². The number of aromatic amines is 1. The summed E-state index contributed by atoms with van der Waals surface area (Å²) in [4.78, 5) is 0. The van der Waals surface area contributed by atoms with E-state index in [9.17, 15) is 0 Å². The Labute approximate surface area is 164 Å². The minimum atomic E-state index is -0.128. The zero-order valence-corrected chi connectivity index (χ0v) is 17.2. The van der Waals surface area contributed by atoms with Crippen molar-refractivity contribution >= 4 is 33.4 Å². The summed E-state index contributed by atoms with van der Waals surface area (Å²) in [6.07, 6.45) is 0.891. The molecule has 0 amide bonds. The molecule has 2 heterocycles. The summed E-state index contributed by atoms with van der Waals surface area (Å²) in [5.41, 5.74) is 5.46. The van der Waals surface area contributed by atoms with Gasteiger partial charge in [0.15, 0.2) is 0 Å². The van der Waals surface area contributed by atoms with Gasteiger partial charge in [0.2, 0.25) is 0 Å². The van der Waals surface area contributed by atoms with Crippen LogP contribution in [0.3, 0.4) is 0 Å². The smallest absolute Gasteiger partial charge is 0.0839 e. The van der Waals surface area contributed by atoms with Gasteiger partial charge in [0.1, 0.15) is 0 Å². The number of rotatable bonds is 4. The molecule has 0 bridgehead atoms. The summed E-state index contributed by atoms with van der Waals surface area (Å²) < 4.78 is 1.98. The van der Waals surface area contributed by atoms with Gasteiger partial charge in [-0.25, -0.2) is 0 Å². The lowest BCUT2D eigenvalue weighted by Crippen LogP contribution is -2.21. The molecule has 1 N–H and O–H groups in total. The second-order valence-corrected chi connectivity index (χ2v) is 8.72. The molecule has 4 rings (SSSR count). The van der Waals surface area contributed by atoms with Gasteiger partial charge in [-0.05, 0) is 36.1 Å². The molecule has 0 radical (unpaired) electrons. The lowest BCUT2D eigenvalue weighted by Gasteiger charge is -2.23. The fourth-order valence-corrected chi connectivity index (χ4v) is 4.21. The number of aryl methyl sites for hydroxylation is 1. The summed E-state index contributed by atoms with van der Waals surface area (Å²) in [5, 5.41) is 15.5. The van der Waals surface area contributed by atoms with Gasteiger partial charge in [-0.15, -0.1) is 0 Å². The number of benzene rings is 2. The fourth-order valence-electron chi connectivity index (χ4n) is 3.99. The van der Waals surface area contributed by atoms with Gasteiger partial charge >= 0.3 is 0 Å². The molecule has 0 atom stereocenters. The molecule has 0 saturated heterocycles. The van der Waals surface area contributed by atoms with Crippen molar-refractivity contribution in [3.05, 3.63) is 58.4 Å². The largest absolute Gasteiger partial charge is 0.276 e. The molecule has 0 aliphatic heterocycles. The Balaban J connectivity index is 1.76. The van der Waals surface area contributed by atoms with Crippen molar-refractivity contribution in [1.29, 1.82) is 0 Å². The number of halogens is 1. The van der Waals surface area contributed by atoms with Crippen molar-refractivity contribution in [2.75, 3.05) is 0 Å². The molecule has 0 aliphatic carbocycles. The van der Waals surface area contributed by atoms with Crippen LogP contribution < -0.4 is 0 Å². The first-order valence-electron chi connectivity index (χ1n) is 9.36. The van der Waals surface area contributed by atoms with Gasteiger partial charge in [0.25, 0.3) is 0 Å². The lowest BCUT2D eigenvalue weighted by atomic mass is 9.81. The predicted molar refractivity (Wildman–Crippen MR) is 113 cm³/mol. The Morgan fingerprint density at radius 3 is 2.67 bits per heavy atom. The van der Waals surface area contributed by atoms with Crippen molar-refractivity contribution in [1.82, 2.24) is 20.0 Å². The van der Waals surface area contributed by atoms with E-state index in [1.54, 1.807) is 0 Å². The van der Waals surface area contributed by atoms with Crippen LogP contribution in [-0.2, 0) is 18.9 Å². The van der Waals surface area contributed by atoms with E-state index in [0.717, 1.165) is 28.7 Å². The number of fused-ring (bicyclic) bond motifs is 2. The number of para-hydroxylation sites is 1. The maximum Gasteiger partial charge on any atom is 0.0839 e. The van der Waals surface area contributed by atoms with Crippen molar-refractivity contribution in [3.63, 3.8) is 0 Å². The Morgan fingerprint density at radius 2 is 1.93 bits per heavy atom. The van der Waals surface area contributed by atoms with Crippen molar-refractivity contribution in [3.8, 4) is 0 Å². The second kappa shape index (κ2) is 6.38. The van der Waals surface area contributed by atoms with E-state index < -0.39 is 0 Å². The van der Waals surface area contributed by atoms with E-state index in [4.69, 9.17) is 16.7 Å². The number of nitrogens with one attached hydrogen (secondary N) is 1. The zero-order chi connectivity index (χ0) is 19.3. The normalized spacial score (nSPS) is 12.6. The van der Waals surface area contributed by atoms with Crippen molar-refractivity contribution in [2.45, 2.75) is 45.4 Å². The molecular formula is C22H25ClN4. The first kappa shape index (κ1) is 18.1. The maximum atomic E-state index is 6.31. The monoisotopic (exact) mass is 380 g/mol. The van der Waals surface area contributed by atoms with Crippen LogP contribution in [0.25, 0.3) is 21.8 Å². The van der Waals surface area contributed by atoms with E-state index in [1.165, 1.54) is 16.5 Å². The van der Waals surface area contributed by atoms with Gasteiger partial charge in [-0.2, -0.15) is 10.2 Å². The summed E-state index contributed by atoms with van der Waals surface area (Å²) in [5.74, 6) is 0.398. The van der Waals surface area contributed by atoms with E-state index in [-0.39, 0.29) is 5.41 Å². The average molecular weight is 381 g/mol. The van der Waals surface area contributed by atoms with Crippen LogP contribution >= 0.6 is 11.6 Å². The van der Waals surface area contributed by atoms with Gasteiger partial charge in [-0.1, -0.05) is 57.5 Å². The summed E-state index contributed by atoms with van der Waals surface area (Å²) in [7, 11) is 2.01. The third-order valence-corrected chi connectivity index (χ3v) is 5.64. The summed E-state index contributed by atoms with van der Waals surface area (Å²) in [6, 6.07) is 12.6. The highest BCUT2D eigenvalue weighted by molar-refractivity contribution is 6.35. The van der Waals surface area contributed by atoms with E-state index in [1.807, 2.05) is 23.9 Å². The number of aromatic nitrogens is 4. The van der Waals surface area contributed by atoms with Gasteiger partial charge in [0.05, 0.1) is 27.4 Å². The zero-order valence-electron chi connectivity index (χ0n) is 16.5. The Morgan fingerprint density at radius 1 is 1.15 bits per heavy atom. The van der Waals surface area contributed by atoms with Crippen LogP contribution in [-0.4, -0.2) is 20.0 Å². The maximum absolute atomic E-state index is 6.31. The molecule has 140 valence electrons. The third-order valence-electron chi connectivity index (χ3n) is 5.33. The molecule has 0 fully saturated rings. The lowest BCUT2D eigenvalue weighted by molar-refractivity contribution is 0.508. The Bertz CT molecular complexity index is 1130. The second-order valence-electron chi connectivity index (χ2n) is 8.31. The molecule has 0 aliphatic rings. The van der Waals surface area contributed by atoms with Crippen LogP contribution in [0, 0.1) is 0 Å². The van der Waals surface area contributed by atoms with Crippen LogP contribution in [0.4, 0.5) is 0 Å². The quantitative estimate of drug-likeness (QED) is 0.490. The first-order valence-corrected chi connectivity index (χ1v) is 9.74. The molecule has 2 aromatic carbocycles. The van der Waals surface area contributed by atoms with Crippen LogP contribution in [0.5, 0.6) is 0 Å². The Kier molecular flexibility index (Phi) is 4.26. The molecule has 5 heteroatoms. The highest BCUT2D eigenvalue weighted by atomic mass is 35.5. The molecule has 2 aromatic heterocycles. The predicted octanol–water partition coefficient (Wildman–Crippen LogP) is 5.75. The van der Waals surface area contributed by atoms with E-state index >= 15 is 0 Å². The van der Waals surface area contributed by atoms with E-state index in [2.05, 4.69) is 62.2 Å².